The molecular weight excluding hydrogens is 280 g/mol. The fourth-order valence-electron chi connectivity index (χ4n) is 2.50. The van der Waals surface area contributed by atoms with Crippen LogP contribution in [0.4, 0.5) is 0 Å². The molecule has 1 aliphatic carbocycles. The average Bonchev–Trinajstić information content (AvgIpc) is 3.24. The third-order valence-corrected chi connectivity index (χ3v) is 3.94. The maximum Gasteiger partial charge on any atom is 0.273 e. The van der Waals surface area contributed by atoms with Gasteiger partial charge >= 0.3 is 0 Å². The van der Waals surface area contributed by atoms with Crippen LogP contribution in [0.1, 0.15) is 59.1 Å². The van der Waals surface area contributed by atoms with Gasteiger partial charge < -0.3 is 14.6 Å². The number of hydrogen-bond donors (Lipinski definition) is 1. The Balaban J connectivity index is 1.73. The smallest absolute Gasteiger partial charge is 0.273 e. The van der Waals surface area contributed by atoms with E-state index in [1.54, 1.807) is 13.2 Å². The van der Waals surface area contributed by atoms with Gasteiger partial charge in [0.25, 0.3) is 5.91 Å². The Morgan fingerprint density at radius 3 is 2.86 bits per heavy atom. The van der Waals surface area contributed by atoms with Crippen molar-refractivity contribution in [3.05, 3.63) is 46.8 Å². The third-order valence-electron chi connectivity index (χ3n) is 3.94. The molecule has 1 saturated carbocycles. The molecule has 1 heterocycles. The van der Waals surface area contributed by atoms with Crippen molar-refractivity contribution in [2.75, 3.05) is 7.11 Å². The van der Waals surface area contributed by atoms with E-state index in [0.717, 1.165) is 35.5 Å². The molecule has 1 fully saturated rings. The summed E-state index contributed by atoms with van der Waals surface area (Å²) in [6.45, 7) is 3.94. The molecule has 0 radical (unpaired) electrons. The van der Waals surface area contributed by atoms with Gasteiger partial charge in [-0.25, -0.2) is 0 Å². The molecule has 5 heteroatoms. The van der Waals surface area contributed by atoms with E-state index in [0.29, 0.717) is 11.6 Å². The van der Waals surface area contributed by atoms with Gasteiger partial charge in [-0.05, 0) is 32.8 Å². The molecule has 0 saturated heterocycles. The predicted molar refractivity (Wildman–Crippen MR) is 82.1 cm³/mol. The molecule has 1 aromatic carbocycles. The van der Waals surface area contributed by atoms with Crippen LogP contribution in [-0.4, -0.2) is 18.2 Å². The first-order valence-corrected chi connectivity index (χ1v) is 7.50. The lowest BCUT2D eigenvalue weighted by Gasteiger charge is -2.17. The molecule has 116 valence electrons. The lowest BCUT2D eigenvalue weighted by Crippen LogP contribution is -2.27. The Morgan fingerprint density at radius 2 is 2.18 bits per heavy atom. The molecule has 1 unspecified atom stereocenters. The lowest BCUT2D eigenvalue weighted by molar-refractivity contribution is 0.0930. The summed E-state index contributed by atoms with van der Waals surface area (Å²) in [6.07, 6.45) is 2.24. The topological polar surface area (TPSA) is 64.4 Å². The molecule has 2 aromatic rings. The zero-order valence-electron chi connectivity index (χ0n) is 13.1. The van der Waals surface area contributed by atoms with Gasteiger partial charge in [0, 0.05) is 17.5 Å². The third kappa shape index (κ3) is 2.98. The van der Waals surface area contributed by atoms with E-state index in [1.165, 1.54) is 0 Å². The minimum Gasteiger partial charge on any atom is -0.496 e. The van der Waals surface area contributed by atoms with E-state index >= 15 is 0 Å². The molecule has 0 spiro atoms. The van der Waals surface area contributed by atoms with Crippen LogP contribution in [-0.2, 0) is 0 Å². The van der Waals surface area contributed by atoms with Gasteiger partial charge in [-0.15, -0.1) is 0 Å². The Morgan fingerprint density at radius 1 is 1.41 bits per heavy atom. The molecule has 1 aromatic heterocycles. The molecule has 0 bridgehead atoms. The summed E-state index contributed by atoms with van der Waals surface area (Å²) in [6, 6.07) is 7.48. The molecule has 1 N–H and O–H groups in total. The van der Waals surface area contributed by atoms with Crippen molar-refractivity contribution in [3.8, 4) is 5.75 Å². The molecule has 1 aliphatic rings. The van der Waals surface area contributed by atoms with Gasteiger partial charge in [0.2, 0.25) is 0 Å². The highest BCUT2D eigenvalue weighted by molar-refractivity contribution is 5.92. The van der Waals surface area contributed by atoms with Crippen molar-refractivity contribution < 1.29 is 14.1 Å². The zero-order chi connectivity index (χ0) is 15.7. The number of benzene rings is 1. The number of ether oxygens (including phenoxy) is 1. The monoisotopic (exact) mass is 300 g/mol. The highest BCUT2D eigenvalue weighted by atomic mass is 16.5. The Hall–Kier alpha value is -2.30. The van der Waals surface area contributed by atoms with Crippen molar-refractivity contribution in [3.63, 3.8) is 0 Å². The Bertz CT molecular complexity index is 689. The minimum atomic E-state index is -0.230. The summed E-state index contributed by atoms with van der Waals surface area (Å²) in [7, 11) is 1.63. The summed E-state index contributed by atoms with van der Waals surface area (Å²) >= 11 is 0. The number of aromatic nitrogens is 1. The number of amides is 1. The van der Waals surface area contributed by atoms with Crippen LogP contribution in [0.2, 0.25) is 0 Å². The first kappa shape index (κ1) is 14.6. The summed E-state index contributed by atoms with van der Waals surface area (Å²) in [5, 5.41) is 6.81. The lowest BCUT2D eigenvalue weighted by atomic mass is 10.0. The van der Waals surface area contributed by atoms with Crippen LogP contribution < -0.4 is 10.1 Å². The van der Waals surface area contributed by atoms with E-state index in [1.807, 2.05) is 32.0 Å². The van der Waals surface area contributed by atoms with Gasteiger partial charge in [-0.1, -0.05) is 22.9 Å². The zero-order valence-corrected chi connectivity index (χ0v) is 13.1. The summed E-state index contributed by atoms with van der Waals surface area (Å²) < 4.78 is 10.6. The van der Waals surface area contributed by atoms with Gasteiger partial charge in [-0.2, -0.15) is 0 Å². The molecule has 1 amide bonds. The highest BCUT2D eigenvalue weighted by Crippen LogP contribution is 2.40. The quantitative estimate of drug-likeness (QED) is 0.919. The second kappa shape index (κ2) is 5.83. The summed E-state index contributed by atoms with van der Waals surface area (Å²) in [4.78, 5) is 12.3. The number of rotatable bonds is 5. The Labute approximate surface area is 129 Å². The van der Waals surface area contributed by atoms with Gasteiger partial charge in [0.05, 0.1) is 13.2 Å². The number of carbonyl (C=O) groups excluding carboxylic acids is 1. The van der Waals surface area contributed by atoms with E-state index in [9.17, 15) is 4.79 Å². The van der Waals surface area contributed by atoms with E-state index in [2.05, 4.69) is 10.5 Å². The van der Waals surface area contributed by atoms with E-state index < -0.39 is 0 Å². The highest BCUT2D eigenvalue weighted by Gasteiger charge is 2.29. The fourth-order valence-corrected chi connectivity index (χ4v) is 2.50. The van der Waals surface area contributed by atoms with Crippen LogP contribution in [0.15, 0.2) is 28.8 Å². The Kier molecular flexibility index (Phi) is 3.88. The van der Waals surface area contributed by atoms with Crippen LogP contribution >= 0.6 is 0 Å². The molecule has 0 aliphatic heterocycles. The van der Waals surface area contributed by atoms with Crippen LogP contribution in [0.5, 0.6) is 5.75 Å². The van der Waals surface area contributed by atoms with Crippen LogP contribution in [0.3, 0.4) is 0 Å². The van der Waals surface area contributed by atoms with Gasteiger partial charge in [0.1, 0.15) is 11.5 Å². The molecule has 5 nitrogen and oxygen atoms in total. The number of nitrogens with one attached hydrogen (secondary N) is 1. The number of methoxy groups -OCH3 is 1. The van der Waals surface area contributed by atoms with E-state index in [4.69, 9.17) is 9.26 Å². The second-order valence-corrected chi connectivity index (χ2v) is 5.83. The first-order valence-electron chi connectivity index (χ1n) is 7.50. The minimum absolute atomic E-state index is 0.177. The number of carbonyl (C=O) groups is 1. The number of aryl methyl sites for hydroxylation is 1. The molecule has 3 rings (SSSR count). The largest absolute Gasteiger partial charge is 0.496 e. The standard InChI is InChI=1S/C17H20N2O3/c1-10-4-7-15(21-3)13(8-10)11(2)18-17(20)14-9-16(22-19-14)12-5-6-12/h4,7-9,11-12H,5-6H2,1-3H3,(H,18,20). The molecule has 22 heavy (non-hydrogen) atoms. The predicted octanol–water partition coefficient (Wildman–Crippen LogP) is 3.36. The van der Waals surface area contributed by atoms with Crippen molar-refractivity contribution in [1.29, 1.82) is 0 Å². The maximum atomic E-state index is 12.3. The van der Waals surface area contributed by atoms with Crippen molar-refractivity contribution in [2.24, 2.45) is 0 Å². The number of hydrogen-bond acceptors (Lipinski definition) is 4. The van der Waals surface area contributed by atoms with Crippen molar-refractivity contribution >= 4 is 5.91 Å². The van der Waals surface area contributed by atoms with Crippen molar-refractivity contribution in [2.45, 2.75) is 38.6 Å². The maximum absolute atomic E-state index is 12.3. The van der Waals surface area contributed by atoms with Crippen molar-refractivity contribution in [1.82, 2.24) is 10.5 Å². The average molecular weight is 300 g/mol. The van der Waals surface area contributed by atoms with E-state index in [-0.39, 0.29) is 11.9 Å². The first-order chi connectivity index (χ1) is 10.6. The molecule has 1 atom stereocenters. The van der Waals surface area contributed by atoms with Crippen LogP contribution in [0.25, 0.3) is 0 Å². The van der Waals surface area contributed by atoms with Gasteiger partial charge in [0.15, 0.2) is 5.69 Å². The second-order valence-electron chi connectivity index (χ2n) is 5.83. The van der Waals surface area contributed by atoms with Gasteiger partial charge in [-0.3, -0.25) is 4.79 Å². The fraction of sp³-hybridized carbons (Fsp3) is 0.412. The normalized spacial score (nSPS) is 15.4. The SMILES string of the molecule is COc1ccc(C)cc1C(C)NC(=O)c1cc(C2CC2)on1. The summed E-state index contributed by atoms with van der Waals surface area (Å²) in [5.41, 5.74) is 2.40. The number of nitrogens with zero attached hydrogens (tertiary/aromatic N) is 1. The molecular formula is C17H20N2O3. The van der Waals surface area contributed by atoms with Crippen LogP contribution in [0, 0.1) is 6.92 Å². The summed E-state index contributed by atoms with van der Waals surface area (Å²) in [5.74, 6) is 1.79.